The first-order chi connectivity index (χ1) is 6.75. The summed E-state index contributed by atoms with van der Waals surface area (Å²) in [6, 6.07) is 10.2. The van der Waals surface area contributed by atoms with Gasteiger partial charge in [-0.05, 0) is 18.6 Å². The molecule has 14 heavy (non-hydrogen) atoms. The molecule has 1 unspecified atom stereocenters. The molecule has 72 valence electrons. The monoisotopic (exact) mass is 187 g/mol. The van der Waals surface area contributed by atoms with E-state index < -0.39 is 0 Å². The number of guanidine groups is 1. The molecule has 1 atom stereocenters. The predicted molar refractivity (Wildman–Crippen MR) is 58.6 cm³/mol. The molecule has 1 aromatic carbocycles. The highest BCUT2D eigenvalue weighted by Gasteiger charge is 2.10. The molecule has 0 aliphatic carbocycles. The molecule has 1 aliphatic heterocycles. The second kappa shape index (κ2) is 3.54. The average Bonchev–Trinajstić information content (AvgIpc) is 2.18. The lowest BCUT2D eigenvalue weighted by molar-refractivity contribution is 0.887. The van der Waals surface area contributed by atoms with E-state index in [2.05, 4.69) is 16.4 Å². The molecule has 0 aromatic heterocycles. The first kappa shape index (κ1) is 8.81. The third-order valence-electron chi connectivity index (χ3n) is 2.10. The fraction of sp³-hybridized carbons (Fsp3) is 0.182. The van der Waals surface area contributed by atoms with Gasteiger partial charge in [0.1, 0.15) is 0 Å². The van der Waals surface area contributed by atoms with Crippen molar-refractivity contribution in [1.29, 1.82) is 0 Å². The van der Waals surface area contributed by atoms with Crippen LogP contribution in [0.15, 0.2) is 41.4 Å². The normalized spacial score (nSPS) is 20.8. The second-order valence-corrected chi connectivity index (χ2v) is 3.33. The van der Waals surface area contributed by atoms with Crippen LogP contribution < -0.4 is 11.1 Å². The van der Waals surface area contributed by atoms with Crippen LogP contribution in [0, 0.1) is 0 Å². The number of hydrogen-bond donors (Lipinski definition) is 2. The van der Waals surface area contributed by atoms with Crippen molar-refractivity contribution in [3.8, 4) is 0 Å². The van der Waals surface area contributed by atoms with Crippen molar-refractivity contribution in [2.45, 2.75) is 13.0 Å². The Hall–Kier alpha value is -1.77. The first-order valence-corrected chi connectivity index (χ1v) is 4.63. The van der Waals surface area contributed by atoms with E-state index >= 15 is 0 Å². The van der Waals surface area contributed by atoms with Crippen molar-refractivity contribution < 1.29 is 0 Å². The lowest BCUT2D eigenvalue weighted by Gasteiger charge is -2.17. The molecule has 0 saturated heterocycles. The summed E-state index contributed by atoms with van der Waals surface area (Å²) in [5, 5.41) is 3.05. The zero-order valence-electron chi connectivity index (χ0n) is 8.07. The molecule has 2 rings (SSSR count). The molecule has 1 aliphatic rings. The second-order valence-electron chi connectivity index (χ2n) is 3.33. The highest BCUT2D eigenvalue weighted by atomic mass is 15.1. The summed E-state index contributed by atoms with van der Waals surface area (Å²) in [6.45, 7) is 2.01. The van der Waals surface area contributed by atoms with Crippen LogP contribution in [-0.4, -0.2) is 12.0 Å². The van der Waals surface area contributed by atoms with Gasteiger partial charge >= 0.3 is 0 Å². The zero-order chi connectivity index (χ0) is 9.97. The molecule has 3 nitrogen and oxygen atoms in total. The van der Waals surface area contributed by atoms with Gasteiger partial charge in [0.05, 0.1) is 6.04 Å². The predicted octanol–water partition coefficient (Wildman–Crippen LogP) is 1.33. The lowest BCUT2D eigenvalue weighted by atomic mass is 10.1. The van der Waals surface area contributed by atoms with E-state index in [1.165, 1.54) is 0 Å². The van der Waals surface area contributed by atoms with Crippen molar-refractivity contribution in [1.82, 2.24) is 5.32 Å². The average molecular weight is 187 g/mol. The highest BCUT2D eigenvalue weighted by Crippen LogP contribution is 2.14. The van der Waals surface area contributed by atoms with E-state index in [1.807, 2.05) is 37.3 Å². The number of nitrogens with one attached hydrogen (secondary N) is 1. The number of hydrogen-bond acceptors (Lipinski definition) is 3. The van der Waals surface area contributed by atoms with E-state index in [9.17, 15) is 0 Å². The third-order valence-corrected chi connectivity index (χ3v) is 2.10. The summed E-state index contributed by atoms with van der Waals surface area (Å²) in [7, 11) is 0. The number of aliphatic imine (C=N–C) groups is 1. The van der Waals surface area contributed by atoms with Crippen LogP contribution in [0.4, 0.5) is 0 Å². The number of benzene rings is 1. The quantitative estimate of drug-likeness (QED) is 0.697. The fourth-order valence-corrected chi connectivity index (χ4v) is 1.50. The Morgan fingerprint density at radius 2 is 2.00 bits per heavy atom. The van der Waals surface area contributed by atoms with E-state index in [4.69, 9.17) is 5.73 Å². The number of rotatable bonds is 1. The van der Waals surface area contributed by atoms with E-state index in [1.54, 1.807) is 0 Å². The maximum Gasteiger partial charge on any atom is 0.193 e. The highest BCUT2D eigenvalue weighted by molar-refractivity contribution is 5.90. The minimum atomic E-state index is 0.145. The van der Waals surface area contributed by atoms with Gasteiger partial charge in [0.2, 0.25) is 0 Å². The molecule has 0 bridgehead atoms. The largest absolute Gasteiger partial charge is 0.370 e. The molecular formula is C11H13N3. The van der Waals surface area contributed by atoms with Crippen LogP contribution in [0.5, 0.6) is 0 Å². The van der Waals surface area contributed by atoms with Crippen molar-refractivity contribution in [2.75, 3.05) is 0 Å². The van der Waals surface area contributed by atoms with E-state index in [0.717, 1.165) is 11.3 Å². The smallest absolute Gasteiger partial charge is 0.193 e. The SMILES string of the molecule is CC1C=C(c2ccccc2)NC(N)=N1. The maximum atomic E-state index is 5.65. The van der Waals surface area contributed by atoms with Gasteiger partial charge in [0.15, 0.2) is 5.96 Å². The fourth-order valence-electron chi connectivity index (χ4n) is 1.50. The molecule has 1 aromatic rings. The van der Waals surface area contributed by atoms with E-state index in [-0.39, 0.29) is 6.04 Å². The number of nitrogens with two attached hydrogens (primary N) is 1. The summed E-state index contributed by atoms with van der Waals surface area (Å²) in [6.07, 6.45) is 2.06. The minimum Gasteiger partial charge on any atom is -0.370 e. The first-order valence-electron chi connectivity index (χ1n) is 4.63. The maximum absolute atomic E-state index is 5.65. The van der Waals surface area contributed by atoms with Crippen LogP contribution >= 0.6 is 0 Å². The van der Waals surface area contributed by atoms with Gasteiger partial charge in [-0.25, -0.2) is 4.99 Å². The molecule has 0 fully saturated rings. The van der Waals surface area contributed by atoms with Gasteiger partial charge in [-0.3, -0.25) is 0 Å². The molecule has 1 heterocycles. The van der Waals surface area contributed by atoms with Gasteiger partial charge in [-0.2, -0.15) is 0 Å². The van der Waals surface area contributed by atoms with Crippen LogP contribution in [-0.2, 0) is 0 Å². The van der Waals surface area contributed by atoms with Gasteiger partial charge in [-0.1, -0.05) is 30.3 Å². The molecule has 0 radical (unpaired) electrons. The lowest BCUT2D eigenvalue weighted by Crippen LogP contribution is -2.34. The topological polar surface area (TPSA) is 50.4 Å². The molecule has 0 spiro atoms. The van der Waals surface area contributed by atoms with Crippen LogP contribution in [0.1, 0.15) is 12.5 Å². The van der Waals surface area contributed by atoms with Crippen molar-refractivity contribution in [3.63, 3.8) is 0 Å². The van der Waals surface area contributed by atoms with Crippen LogP contribution in [0.2, 0.25) is 0 Å². The Labute approximate surface area is 83.3 Å². The minimum absolute atomic E-state index is 0.145. The summed E-state index contributed by atoms with van der Waals surface area (Å²) in [5.74, 6) is 0.485. The molecule has 0 amide bonds. The van der Waals surface area contributed by atoms with Crippen LogP contribution in [0.25, 0.3) is 5.70 Å². The van der Waals surface area contributed by atoms with E-state index in [0.29, 0.717) is 5.96 Å². The molecule has 3 N–H and O–H groups in total. The summed E-state index contributed by atoms with van der Waals surface area (Å²) in [5.41, 5.74) is 7.82. The standard InChI is InChI=1S/C11H13N3/c1-8-7-10(14-11(12)13-8)9-5-3-2-4-6-9/h2-8H,1H3,(H3,12,13,14). The third kappa shape index (κ3) is 1.76. The van der Waals surface area contributed by atoms with Crippen LogP contribution in [0.3, 0.4) is 0 Å². The summed E-state index contributed by atoms with van der Waals surface area (Å²) >= 11 is 0. The van der Waals surface area contributed by atoms with Gasteiger partial charge in [-0.15, -0.1) is 0 Å². The summed E-state index contributed by atoms with van der Waals surface area (Å²) in [4.78, 5) is 4.17. The van der Waals surface area contributed by atoms with Gasteiger partial charge < -0.3 is 11.1 Å². The molecule has 0 saturated carbocycles. The zero-order valence-corrected chi connectivity index (χ0v) is 8.07. The number of nitrogens with zero attached hydrogens (tertiary/aromatic N) is 1. The molecular weight excluding hydrogens is 174 g/mol. The Balaban J connectivity index is 2.29. The van der Waals surface area contributed by atoms with Gasteiger partial charge in [0.25, 0.3) is 0 Å². The van der Waals surface area contributed by atoms with Crippen molar-refractivity contribution in [3.05, 3.63) is 42.0 Å². The van der Waals surface area contributed by atoms with Crippen molar-refractivity contribution in [2.24, 2.45) is 10.7 Å². The van der Waals surface area contributed by atoms with Gasteiger partial charge in [0, 0.05) is 5.70 Å². The van der Waals surface area contributed by atoms with Crippen molar-refractivity contribution >= 4 is 11.7 Å². The summed E-state index contributed by atoms with van der Waals surface area (Å²) < 4.78 is 0. The Morgan fingerprint density at radius 3 is 2.64 bits per heavy atom. The Kier molecular flexibility index (Phi) is 2.23. The molecule has 3 heteroatoms. The Bertz CT molecular complexity index is 379. The Morgan fingerprint density at radius 1 is 1.29 bits per heavy atom.